The van der Waals surface area contributed by atoms with Gasteiger partial charge in [0.15, 0.2) is 17.3 Å². The van der Waals surface area contributed by atoms with Crippen molar-refractivity contribution in [3.8, 4) is 11.6 Å². The van der Waals surface area contributed by atoms with Gasteiger partial charge < -0.3 is 9.88 Å². The zero-order valence-electron chi connectivity index (χ0n) is 22.2. The molecule has 2 fully saturated rings. The summed E-state index contributed by atoms with van der Waals surface area (Å²) in [4.78, 5) is 27.7. The summed E-state index contributed by atoms with van der Waals surface area (Å²) in [5, 5.41) is 7.21. The fourth-order valence-corrected chi connectivity index (χ4v) is 5.81. The van der Waals surface area contributed by atoms with Crippen LogP contribution in [-0.2, 0) is 12.5 Å². The highest BCUT2D eigenvalue weighted by molar-refractivity contribution is 5.86. The number of aromatic nitrogens is 6. The van der Waals surface area contributed by atoms with Crippen LogP contribution in [0.25, 0.3) is 22.8 Å². The van der Waals surface area contributed by atoms with E-state index in [1.54, 1.807) is 22.8 Å². The third kappa shape index (κ3) is 4.94. The first kappa shape index (κ1) is 25.6. The van der Waals surface area contributed by atoms with E-state index in [1.165, 1.54) is 18.6 Å². The van der Waals surface area contributed by atoms with Crippen molar-refractivity contribution in [3.63, 3.8) is 0 Å². The lowest BCUT2D eigenvalue weighted by Crippen LogP contribution is -2.31. The molecule has 0 amide bonds. The van der Waals surface area contributed by atoms with Gasteiger partial charge in [0.1, 0.15) is 5.52 Å². The van der Waals surface area contributed by atoms with Crippen molar-refractivity contribution >= 4 is 17.0 Å². The Morgan fingerprint density at radius 2 is 1.85 bits per heavy atom. The largest absolute Gasteiger partial charge is 0.439 e. The number of hydrogen-bond acceptors (Lipinski definition) is 7. The Labute approximate surface area is 224 Å². The molecule has 39 heavy (non-hydrogen) atoms. The number of imidazole rings is 1. The Morgan fingerprint density at radius 1 is 1.10 bits per heavy atom. The lowest BCUT2D eigenvalue weighted by Gasteiger charge is -2.32. The van der Waals surface area contributed by atoms with E-state index >= 15 is 8.78 Å². The lowest BCUT2D eigenvalue weighted by atomic mass is 9.80. The van der Waals surface area contributed by atoms with Gasteiger partial charge in [-0.3, -0.25) is 9.51 Å². The minimum Gasteiger partial charge on any atom is -0.365 e. The van der Waals surface area contributed by atoms with Crippen LogP contribution in [0.2, 0.25) is 0 Å². The van der Waals surface area contributed by atoms with Crippen molar-refractivity contribution < 1.29 is 13.3 Å². The fourth-order valence-electron chi connectivity index (χ4n) is 5.81. The molecule has 9 nitrogen and oxygen atoms in total. The molecule has 2 saturated carbocycles. The summed E-state index contributed by atoms with van der Waals surface area (Å²) in [6.07, 6.45) is 7.46. The number of nitrogens with one attached hydrogen (secondary N) is 2. The fraction of sp³-hybridized carbons (Fsp3) is 0.536. The predicted molar refractivity (Wildman–Crippen MR) is 142 cm³/mol. The van der Waals surface area contributed by atoms with Crippen molar-refractivity contribution in [3.05, 3.63) is 52.3 Å². The van der Waals surface area contributed by atoms with Gasteiger partial charge in [-0.05, 0) is 50.4 Å². The monoisotopic (exact) mass is 537 g/mol. The van der Waals surface area contributed by atoms with Gasteiger partial charge in [0, 0.05) is 18.2 Å². The van der Waals surface area contributed by atoms with Gasteiger partial charge in [0.2, 0.25) is 11.6 Å². The van der Waals surface area contributed by atoms with Crippen LogP contribution in [0.1, 0.15) is 70.2 Å². The number of halogens is 2. The van der Waals surface area contributed by atoms with E-state index in [1.807, 2.05) is 0 Å². The number of aromatic amines is 1. The molecule has 6 rings (SSSR count). The van der Waals surface area contributed by atoms with Gasteiger partial charge in [-0.2, -0.15) is 8.78 Å². The topological polar surface area (TPSA) is 115 Å². The summed E-state index contributed by atoms with van der Waals surface area (Å²) in [5.41, 5.74) is 0.437. The summed E-state index contributed by atoms with van der Waals surface area (Å²) >= 11 is 0. The maximum Gasteiger partial charge on any atom is 0.439 e. The Bertz CT molecular complexity index is 1500. The molecule has 1 aromatic carbocycles. The Kier molecular flexibility index (Phi) is 6.68. The van der Waals surface area contributed by atoms with E-state index in [9.17, 15) is 4.79 Å². The smallest absolute Gasteiger partial charge is 0.365 e. The van der Waals surface area contributed by atoms with E-state index < -0.39 is 11.7 Å². The highest BCUT2D eigenvalue weighted by Gasteiger charge is 2.41. The van der Waals surface area contributed by atoms with E-state index in [4.69, 9.17) is 0 Å². The molecule has 3 aromatic heterocycles. The summed E-state index contributed by atoms with van der Waals surface area (Å²) in [6, 6.07) is 7.82. The minimum absolute atomic E-state index is 0.0217. The van der Waals surface area contributed by atoms with Crippen LogP contribution >= 0.6 is 0 Å². The second-order valence-corrected chi connectivity index (χ2v) is 11.2. The second-order valence-electron chi connectivity index (χ2n) is 11.2. The Balaban J connectivity index is 1.53. The van der Waals surface area contributed by atoms with Crippen molar-refractivity contribution in [2.75, 3.05) is 5.32 Å². The summed E-state index contributed by atoms with van der Waals surface area (Å²) < 4.78 is 38.7. The Morgan fingerprint density at radius 3 is 2.49 bits per heavy atom. The highest BCUT2D eigenvalue weighted by atomic mass is 19.3. The summed E-state index contributed by atoms with van der Waals surface area (Å²) in [6.45, 7) is 4.72. The molecular formula is C28H33F2N7O2. The maximum atomic E-state index is 16.2. The molecule has 3 heterocycles. The van der Waals surface area contributed by atoms with Gasteiger partial charge in [-0.25, -0.2) is 19.7 Å². The number of anilines is 1. The zero-order chi connectivity index (χ0) is 27.1. The number of benzene rings is 1. The number of alkyl halides is 2. The number of nitrogens with zero attached hydrogens (tertiary/aromatic N) is 5. The molecule has 0 saturated heterocycles. The van der Waals surface area contributed by atoms with Crippen LogP contribution in [0.3, 0.4) is 0 Å². The molecule has 2 N–H and O–H groups in total. The predicted octanol–water partition coefficient (Wildman–Crippen LogP) is 5.74. The van der Waals surface area contributed by atoms with Crippen LogP contribution in [0.15, 0.2) is 39.6 Å². The molecule has 0 unspecified atom stereocenters. The average molecular weight is 538 g/mol. The Hall–Kier alpha value is -3.63. The van der Waals surface area contributed by atoms with Crippen LogP contribution < -0.4 is 11.1 Å². The standard InChI is InChI=1S/C28H33F2N7O2/c1-16-11-13-18(14-12-16)15-37-21-22(31-17(2)19-7-6-8-19)32-24(25-35-27(38)39-36-25)33-23(21)34-26(37)28(29,30)20-9-4-3-5-10-20/h3-5,9-10,16-19H,6-8,11-15H2,1-2H3,(H,31,32,33)(H,35,36,38)/t16-,17-,18-/m1/s1. The first-order chi connectivity index (χ1) is 18.8. The quantitative estimate of drug-likeness (QED) is 0.295. The SMILES string of the molecule is C[C@@H](Nc1nc(-c2noc(=O)[nH]2)nc2nc(C(F)(F)c3ccccc3)n(C[C@H]3CC[C@H](C)CC3)c12)C1CCC1. The van der Waals surface area contributed by atoms with Crippen molar-refractivity contribution in [1.82, 2.24) is 29.7 Å². The third-order valence-corrected chi connectivity index (χ3v) is 8.47. The zero-order valence-corrected chi connectivity index (χ0v) is 22.2. The number of fused-ring (bicyclic) bond motifs is 1. The average Bonchev–Trinajstić information content (AvgIpc) is 3.49. The molecule has 2 aliphatic rings. The number of rotatable bonds is 8. The molecule has 0 bridgehead atoms. The lowest BCUT2D eigenvalue weighted by molar-refractivity contribution is 0.0282. The minimum atomic E-state index is -3.36. The number of H-pyrrole nitrogens is 1. The summed E-state index contributed by atoms with van der Waals surface area (Å²) in [5.74, 6) is -2.63. The normalized spacial score (nSPS) is 21.1. The highest BCUT2D eigenvalue weighted by Crippen LogP contribution is 2.40. The van der Waals surface area contributed by atoms with Gasteiger partial charge in [0.05, 0.1) is 0 Å². The van der Waals surface area contributed by atoms with Gasteiger partial charge in [-0.15, -0.1) is 0 Å². The van der Waals surface area contributed by atoms with E-state index in [-0.39, 0.29) is 40.6 Å². The first-order valence-corrected chi connectivity index (χ1v) is 13.8. The maximum absolute atomic E-state index is 16.2. The van der Waals surface area contributed by atoms with Crippen molar-refractivity contribution in [2.24, 2.45) is 17.8 Å². The molecule has 0 radical (unpaired) electrons. The van der Waals surface area contributed by atoms with Crippen LogP contribution in [0.5, 0.6) is 0 Å². The van der Waals surface area contributed by atoms with E-state index in [0.717, 1.165) is 38.5 Å². The van der Waals surface area contributed by atoms with Gasteiger partial charge in [-0.1, -0.05) is 61.7 Å². The van der Waals surface area contributed by atoms with Crippen molar-refractivity contribution in [2.45, 2.75) is 77.3 Å². The third-order valence-electron chi connectivity index (χ3n) is 8.47. The van der Waals surface area contributed by atoms with Gasteiger partial charge >= 0.3 is 11.7 Å². The van der Waals surface area contributed by atoms with Crippen molar-refractivity contribution in [1.29, 1.82) is 0 Å². The van der Waals surface area contributed by atoms with E-state index in [2.05, 4.69) is 48.8 Å². The molecule has 0 aliphatic heterocycles. The van der Waals surface area contributed by atoms with Gasteiger partial charge in [0.25, 0.3) is 0 Å². The molecule has 0 spiro atoms. The molecule has 206 valence electrons. The molecular weight excluding hydrogens is 504 g/mol. The van der Waals surface area contributed by atoms with E-state index in [0.29, 0.717) is 29.7 Å². The summed E-state index contributed by atoms with van der Waals surface area (Å²) in [7, 11) is 0. The van der Waals surface area contributed by atoms with Crippen LogP contribution in [0, 0.1) is 17.8 Å². The molecule has 1 atom stereocenters. The number of hydrogen-bond donors (Lipinski definition) is 2. The van der Waals surface area contributed by atoms with Crippen LogP contribution in [0.4, 0.5) is 14.6 Å². The molecule has 11 heteroatoms. The molecule has 4 aromatic rings. The molecule has 2 aliphatic carbocycles. The second kappa shape index (κ2) is 10.2. The van der Waals surface area contributed by atoms with Crippen LogP contribution in [-0.4, -0.2) is 35.7 Å². The first-order valence-electron chi connectivity index (χ1n) is 13.8.